The lowest BCUT2D eigenvalue weighted by Gasteiger charge is -2.17. The van der Waals surface area contributed by atoms with Gasteiger partial charge in [0.05, 0.1) is 12.7 Å². The molecule has 0 aliphatic heterocycles. The molecule has 0 aliphatic carbocycles. The zero-order valence-corrected chi connectivity index (χ0v) is 10.7. The zero-order valence-electron chi connectivity index (χ0n) is 9.84. The molecule has 0 bridgehead atoms. The molecular weight excluding hydrogens is 259 g/mol. The minimum atomic E-state index is -1.26. The third-order valence-corrected chi connectivity index (χ3v) is 3.33. The van der Waals surface area contributed by atoms with Crippen LogP contribution in [0.1, 0.15) is 24.2 Å². The van der Waals surface area contributed by atoms with Crippen molar-refractivity contribution < 1.29 is 24.5 Å². The molecule has 2 unspecified atom stereocenters. The minimum Gasteiger partial charge on any atom is -0.392 e. The molecular formula is C12H15FO4S. The summed E-state index contributed by atoms with van der Waals surface area (Å²) in [6.07, 6.45) is -2.42. The molecule has 0 heterocycles. The van der Waals surface area contributed by atoms with Crippen molar-refractivity contribution in [3.63, 3.8) is 0 Å². The van der Waals surface area contributed by atoms with Gasteiger partial charge in [0.25, 0.3) is 0 Å². The summed E-state index contributed by atoms with van der Waals surface area (Å²) in [5.41, 5.74) is 0.333. The number of rotatable bonds is 5. The third-order valence-electron chi connectivity index (χ3n) is 2.41. The van der Waals surface area contributed by atoms with Crippen molar-refractivity contribution in [2.45, 2.75) is 25.7 Å². The van der Waals surface area contributed by atoms with Crippen molar-refractivity contribution in [1.82, 2.24) is 0 Å². The van der Waals surface area contributed by atoms with Crippen LogP contribution in [0.25, 0.3) is 0 Å². The van der Waals surface area contributed by atoms with Gasteiger partial charge in [-0.1, -0.05) is 23.9 Å². The van der Waals surface area contributed by atoms with Crippen LogP contribution in [0.5, 0.6) is 0 Å². The molecule has 0 aromatic heterocycles. The highest BCUT2D eigenvalue weighted by Crippen LogP contribution is 2.22. The Morgan fingerprint density at radius 1 is 1.44 bits per heavy atom. The Labute approximate surface area is 108 Å². The van der Waals surface area contributed by atoms with Crippen LogP contribution < -0.4 is 0 Å². The Bertz CT molecular complexity index is 425. The Kier molecular flexibility index (Phi) is 5.74. The first kappa shape index (κ1) is 15.1. The van der Waals surface area contributed by atoms with Crippen LogP contribution in [0.3, 0.4) is 0 Å². The van der Waals surface area contributed by atoms with Crippen molar-refractivity contribution in [1.29, 1.82) is 0 Å². The first-order chi connectivity index (χ1) is 8.45. The highest BCUT2D eigenvalue weighted by molar-refractivity contribution is 8.13. The lowest BCUT2D eigenvalue weighted by molar-refractivity contribution is -0.109. The van der Waals surface area contributed by atoms with Gasteiger partial charge in [0, 0.05) is 18.2 Å². The Morgan fingerprint density at radius 2 is 2.11 bits per heavy atom. The highest BCUT2D eigenvalue weighted by atomic mass is 32.2. The molecule has 0 saturated heterocycles. The topological polar surface area (TPSA) is 77.8 Å². The van der Waals surface area contributed by atoms with Gasteiger partial charge < -0.3 is 15.3 Å². The lowest BCUT2D eigenvalue weighted by atomic mass is 10.0. The van der Waals surface area contributed by atoms with Gasteiger partial charge in [-0.25, -0.2) is 4.39 Å². The van der Waals surface area contributed by atoms with Gasteiger partial charge >= 0.3 is 0 Å². The van der Waals surface area contributed by atoms with E-state index in [1.54, 1.807) is 0 Å². The molecule has 0 radical (unpaired) electrons. The van der Waals surface area contributed by atoms with Crippen molar-refractivity contribution in [2.24, 2.45) is 0 Å². The SMILES string of the molecule is CC(=O)SCC(O)C(O)c1ccc(CO)c(F)c1. The standard InChI is InChI=1S/C12H15FO4S/c1-7(15)18-6-11(16)12(17)8-2-3-9(5-14)10(13)4-8/h2-4,11-12,14,16-17H,5-6H2,1H3. The number of hydrogen-bond acceptors (Lipinski definition) is 5. The largest absolute Gasteiger partial charge is 0.392 e. The van der Waals surface area contributed by atoms with E-state index in [2.05, 4.69) is 0 Å². The lowest BCUT2D eigenvalue weighted by Crippen LogP contribution is -2.21. The Morgan fingerprint density at radius 3 is 2.61 bits per heavy atom. The number of benzene rings is 1. The number of carbonyl (C=O) groups excluding carboxylic acids is 1. The monoisotopic (exact) mass is 274 g/mol. The molecule has 4 nitrogen and oxygen atoms in total. The number of thioether (sulfide) groups is 1. The highest BCUT2D eigenvalue weighted by Gasteiger charge is 2.20. The zero-order chi connectivity index (χ0) is 13.7. The maximum atomic E-state index is 13.4. The van der Waals surface area contributed by atoms with Gasteiger partial charge in [-0.05, 0) is 11.6 Å². The Hall–Kier alpha value is -0.950. The van der Waals surface area contributed by atoms with Crippen molar-refractivity contribution in [2.75, 3.05) is 5.75 Å². The second kappa shape index (κ2) is 6.84. The second-order valence-electron chi connectivity index (χ2n) is 3.82. The average molecular weight is 274 g/mol. The molecule has 6 heteroatoms. The number of carbonyl (C=O) groups is 1. The maximum absolute atomic E-state index is 13.4. The van der Waals surface area contributed by atoms with E-state index >= 15 is 0 Å². The Balaban J connectivity index is 2.74. The molecule has 1 aromatic rings. The van der Waals surface area contributed by atoms with Crippen LogP contribution in [0, 0.1) is 5.82 Å². The molecule has 0 saturated carbocycles. The number of hydrogen-bond donors (Lipinski definition) is 3. The van der Waals surface area contributed by atoms with E-state index in [0.29, 0.717) is 0 Å². The van der Waals surface area contributed by atoms with E-state index in [9.17, 15) is 19.4 Å². The van der Waals surface area contributed by atoms with Gasteiger partial charge in [0.15, 0.2) is 5.12 Å². The smallest absolute Gasteiger partial charge is 0.185 e. The van der Waals surface area contributed by atoms with Crippen LogP contribution in [0.2, 0.25) is 0 Å². The quantitative estimate of drug-likeness (QED) is 0.746. The van der Waals surface area contributed by atoms with Crippen LogP contribution in [0.15, 0.2) is 18.2 Å². The van der Waals surface area contributed by atoms with Crippen LogP contribution >= 0.6 is 11.8 Å². The van der Waals surface area contributed by atoms with Gasteiger partial charge in [-0.15, -0.1) is 0 Å². The summed E-state index contributed by atoms with van der Waals surface area (Å²) >= 11 is 0.892. The van der Waals surface area contributed by atoms with Gasteiger partial charge in [-0.2, -0.15) is 0 Å². The molecule has 0 spiro atoms. The first-order valence-corrected chi connectivity index (χ1v) is 6.33. The molecule has 0 fully saturated rings. The fourth-order valence-electron chi connectivity index (χ4n) is 1.39. The summed E-state index contributed by atoms with van der Waals surface area (Å²) in [6, 6.07) is 3.84. The van der Waals surface area contributed by atoms with E-state index in [-0.39, 0.29) is 22.0 Å². The normalized spacial score (nSPS) is 14.3. The number of aliphatic hydroxyl groups excluding tert-OH is 3. The van der Waals surface area contributed by atoms with E-state index in [1.807, 2.05) is 0 Å². The summed E-state index contributed by atoms with van der Waals surface area (Å²) in [5, 5.41) is 28.1. The van der Waals surface area contributed by atoms with Crippen molar-refractivity contribution >= 4 is 16.9 Å². The van der Waals surface area contributed by atoms with Crippen LogP contribution in [-0.4, -0.2) is 32.3 Å². The van der Waals surface area contributed by atoms with Gasteiger partial charge in [0.2, 0.25) is 0 Å². The third kappa shape index (κ3) is 4.06. The number of halogens is 1. The molecule has 18 heavy (non-hydrogen) atoms. The second-order valence-corrected chi connectivity index (χ2v) is 5.02. The van der Waals surface area contributed by atoms with Crippen molar-refractivity contribution in [3.8, 4) is 0 Å². The van der Waals surface area contributed by atoms with Gasteiger partial charge in [0.1, 0.15) is 11.9 Å². The molecule has 1 rings (SSSR count). The first-order valence-electron chi connectivity index (χ1n) is 5.34. The fourth-order valence-corrected chi connectivity index (χ4v) is 1.98. The molecule has 0 amide bonds. The van der Waals surface area contributed by atoms with Crippen LogP contribution in [0.4, 0.5) is 4.39 Å². The molecule has 1 aromatic carbocycles. The summed E-state index contributed by atoms with van der Waals surface area (Å²) in [5.74, 6) is -0.597. The summed E-state index contributed by atoms with van der Waals surface area (Å²) < 4.78 is 13.4. The summed E-state index contributed by atoms with van der Waals surface area (Å²) in [6.45, 7) is 0.935. The molecule has 0 aliphatic rings. The van der Waals surface area contributed by atoms with Crippen LogP contribution in [-0.2, 0) is 11.4 Å². The summed E-state index contributed by atoms with van der Waals surface area (Å²) in [4.78, 5) is 10.7. The maximum Gasteiger partial charge on any atom is 0.185 e. The summed E-state index contributed by atoms with van der Waals surface area (Å²) in [7, 11) is 0. The predicted molar refractivity (Wildman–Crippen MR) is 66.4 cm³/mol. The van der Waals surface area contributed by atoms with E-state index in [0.717, 1.165) is 17.8 Å². The molecule has 3 N–H and O–H groups in total. The van der Waals surface area contributed by atoms with E-state index in [4.69, 9.17) is 5.11 Å². The fraction of sp³-hybridized carbons (Fsp3) is 0.417. The molecule has 2 atom stereocenters. The van der Waals surface area contributed by atoms with E-state index in [1.165, 1.54) is 19.1 Å². The molecule has 100 valence electrons. The van der Waals surface area contributed by atoms with Crippen molar-refractivity contribution in [3.05, 3.63) is 35.1 Å². The van der Waals surface area contributed by atoms with E-state index < -0.39 is 24.6 Å². The predicted octanol–water partition coefficient (Wildman–Crippen LogP) is 0.992. The number of aliphatic hydroxyl groups is 3. The van der Waals surface area contributed by atoms with Gasteiger partial charge in [-0.3, -0.25) is 4.79 Å². The average Bonchev–Trinajstić information content (AvgIpc) is 2.34. The minimum absolute atomic E-state index is 0.0415.